The molecule has 22 heavy (non-hydrogen) atoms. The van der Waals surface area contributed by atoms with Crippen molar-refractivity contribution in [3.63, 3.8) is 0 Å². The number of carbonyl (C=O) groups is 2. The number of amides is 1. The number of thiophene rings is 1. The number of fused-ring (bicyclic) bond motifs is 1. The van der Waals surface area contributed by atoms with Gasteiger partial charge in [0.25, 0.3) is 5.91 Å². The minimum Gasteiger partial charge on any atom is -0.481 e. The van der Waals surface area contributed by atoms with Crippen molar-refractivity contribution in [2.75, 3.05) is 11.4 Å². The molecule has 2 aromatic rings. The number of carbonyl (C=O) groups excluding carboxylic acids is 1. The van der Waals surface area contributed by atoms with E-state index in [4.69, 9.17) is 9.84 Å². The van der Waals surface area contributed by atoms with Gasteiger partial charge in [0, 0.05) is 17.5 Å². The first kappa shape index (κ1) is 14.3. The maximum atomic E-state index is 12.6. The molecule has 0 aliphatic carbocycles. The molecule has 1 aromatic heterocycles. The Hall–Kier alpha value is -2.60. The predicted molar refractivity (Wildman–Crippen MR) is 84.0 cm³/mol. The third kappa shape index (κ3) is 2.87. The van der Waals surface area contributed by atoms with Crippen LogP contribution in [0.4, 0.5) is 5.69 Å². The van der Waals surface area contributed by atoms with Crippen molar-refractivity contribution in [3.05, 3.63) is 52.4 Å². The number of ether oxygens (including phenoxy) is 1. The Balaban J connectivity index is 1.97. The molecule has 0 atom stereocenters. The number of para-hydroxylation sites is 2. The molecule has 5 nitrogen and oxygen atoms in total. The summed E-state index contributed by atoms with van der Waals surface area (Å²) in [6.45, 7) is 0.107. The molecule has 2 heterocycles. The van der Waals surface area contributed by atoms with Crippen LogP contribution >= 0.6 is 11.3 Å². The first-order valence-electron chi connectivity index (χ1n) is 6.71. The van der Waals surface area contributed by atoms with E-state index in [0.717, 1.165) is 4.88 Å². The van der Waals surface area contributed by atoms with Crippen LogP contribution in [0, 0.1) is 0 Å². The summed E-state index contributed by atoms with van der Waals surface area (Å²) in [5.74, 6) is -0.518. The van der Waals surface area contributed by atoms with Crippen LogP contribution in [0.25, 0.3) is 6.08 Å². The van der Waals surface area contributed by atoms with Crippen LogP contribution < -0.4 is 9.64 Å². The zero-order chi connectivity index (χ0) is 15.5. The molecule has 1 aromatic carbocycles. The highest BCUT2D eigenvalue weighted by Crippen LogP contribution is 2.35. The number of benzene rings is 1. The number of rotatable bonds is 4. The Morgan fingerprint density at radius 1 is 1.27 bits per heavy atom. The van der Waals surface area contributed by atoms with Gasteiger partial charge >= 0.3 is 5.97 Å². The number of aliphatic carboxylic acids is 1. The Morgan fingerprint density at radius 2 is 2.09 bits per heavy atom. The van der Waals surface area contributed by atoms with Crippen molar-refractivity contribution in [2.45, 2.75) is 6.42 Å². The zero-order valence-corrected chi connectivity index (χ0v) is 12.4. The molecular weight excluding hydrogens is 302 g/mol. The van der Waals surface area contributed by atoms with Gasteiger partial charge in [0.1, 0.15) is 0 Å². The van der Waals surface area contributed by atoms with Gasteiger partial charge in [-0.2, -0.15) is 0 Å². The Bertz CT molecular complexity index is 736. The summed E-state index contributed by atoms with van der Waals surface area (Å²) in [6.07, 6.45) is 1.56. The van der Waals surface area contributed by atoms with Crippen molar-refractivity contribution < 1.29 is 19.4 Å². The zero-order valence-electron chi connectivity index (χ0n) is 11.6. The summed E-state index contributed by atoms with van der Waals surface area (Å²) in [7, 11) is 0. The molecule has 0 fully saturated rings. The summed E-state index contributed by atoms with van der Waals surface area (Å²) in [5.41, 5.74) is 0.595. The van der Waals surface area contributed by atoms with E-state index in [-0.39, 0.29) is 24.6 Å². The molecule has 1 aliphatic rings. The molecule has 6 heteroatoms. The van der Waals surface area contributed by atoms with Crippen molar-refractivity contribution in [1.29, 1.82) is 0 Å². The minimum absolute atomic E-state index is 0.107. The van der Waals surface area contributed by atoms with Crippen LogP contribution in [0.1, 0.15) is 11.3 Å². The second-order valence-corrected chi connectivity index (χ2v) is 5.67. The van der Waals surface area contributed by atoms with E-state index < -0.39 is 5.97 Å². The van der Waals surface area contributed by atoms with Gasteiger partial charge in [-0.1, -0.05) is 18.2 Å². The topological polar surface area (TPSA) is 66.8 Å². The Morgan fingerprint density at radius 3 is 2.82 bits per heavy atom. The molecule has 3 rings (SSSR count). The minimum atomic E-state index is -0.944. The van der Waals surface area contributed by atoms with Crippen molar-refractivity contribution >= 4 is 35.0 Å². The van der Waals surface area contributed by atoms with E-state index >= 15 is 0 Å². The molecule has 0 bridgehead atoms. The fourth-order valence-electron chi connectivity index (χ4n) is 2.19. The monoisotopic (exact) mass is 315 g/mol. The van der Waals surface area contributed by atoms with Gasteiger partial charge < -0.3 is 14.7 Å². The van der Waals surface area contributed by atoms with Crippen LogP contribution in [0.3, 0.4) is 0 Å². The Kier molecular flexibility index (Phi) is 3.93. The van der Waals surface area contributed by atoms with Gasteiger partial charge in [-0.15, -0.1) is 11.3 Å². The van der Waals surface area contributed by atoms with E-state index in [2.05, 4.69) is 0 Å². The molecule has 0 saturated carbocycles. The van der Waals surface area contributed by atoms with Crippen LogP contribution in [-0.4, -0.2) is 23.5 Å². The second kappa shape index (κ2) is 6.03. The molecule has 0 radical (unpaired) electrons. The number of carboxylic acids is 1. The highest BCUT2D eigenvalue weighted by Gasteiger charge is 2.30. The lowest BCUT2D eigenvalue weighted by atomic mass is 10.2. The SMILES string of the molecule is O=C(O)CCN1C(=O)/C(=C\c2cccs2)Oc2ccccc21. The van der Waals surface area contributed by atoms with E-state index in [1.54, 1.807) is 24.3 Å². The standard InChI is InChI=1S/C16H13NO4S/c18-15(19)7-8-17-12-5-1-2-6-13(12)21-14(16(17)20)10-11-4-3-9-22-11/h1-6,9-10H,7-8H2,(H,18,19)/b14-10+. The van der Waals surface area contributed by atoms with Crippen LogP contribution in [0.5, 0.6) is 5.75 Å². The summed E-state index contributed by atoms with van der Waals surface area (Å²) in [4.78, 5) is 25.7. The van der Waals surface area contributed by atoms with Gasteiger partial charge in [-0.05, 0) is 23.6 Å². The average Bonchev–Trinajstić information content (AvgIpc) is 3.00. The number of hydrogen-bond donors (Lipinski definition) is 1. The summed E-state index contributed by atoms with van der Waals surface area (Å²) in [6, 6.07) is 10.9. The van der Waals surface area contributed by atoms with E-state index in [0.29, 0.717) is 11.4 Å². The molecule has 1 N–H and O–H groups in total. The van der Waals surface area contributed by atoms with Crippen molar-refractivity contribution in [1.82, 2.24) is 0 Å². The van der Waals surface area contributed by atoms with Crippen molar-refractivity contribution in [2.24, 2.45) is 0 Å². The van der Waals surface area contributed by atoms with Gasteiger partial charge in [-0.3, -0.25) is 9.59 Å². The highest BCUT2D eigenvalue weighted by atomic mass is 32.1. The quantitative estimate of drug-likeness (QED) is 0.881. The number of carboxylic acid groups (broad SMARTS) is 1. The van der Waals surface area contributed by atoms with Gasteiger partial charge in [0.05, 0.1) is 12.1 Å². The maximum absolute atomic E-state index is 12.6. The molecule has 1 aliphatic heterocycles. The largest absolute Gasteiger partial charge is 0.481 e. The first-order valence-corrected chi connectivity index (χ1v) is 7.59. The lowest BCUT2D eigenvalue weighted by Crippen LogP contribution is -2.38. The van der Waals surface area contributed by atoms with E-state index in [9.17, 15) is 9.59 Å². The predicted octanol–water partition coefficient (Wildman–Crippen LogP) is 2.99. The smallest absolute Gasteiger partial charge is 0.305 e. The maximum Gasteiger partial charge on any atom is 0.305 e. The fourth-order valence-corrected chi connectivity index (χ4v) is 2.84. The number of anilines is 1. The highest BCUT2D eigenvalue weighted by molar-refractivity contribution is 7.10. The summed E-state index contributed by atoms with van der Waals surface area (Å²) >= 11 is 1.50. The lowest BCUT2D eigenvalue weighted by molar-refractivity contribution is -0.136. The number of nitrogens with zero attached hydrogens (tertiary/aromatic N) is 1. The fraction of sp³-hybridized carbons (Fsp3) is 0.125. The Labute approximate surface area is 131 Å². The van der Waals surface area contributed by atoms with Gasteiger partial charge in [0.2, 0.25) is 0 Å². The molecule has 0 saturated heterocycles. The molecule has 0 unspecified atom stereocenters. The molecular formula is C16H13NO4S. The third-order valence-corrected chi connectivity index (χ3v) is 4.02. The molecule has 112 valence electrons. The molecule has 1 amide bonds. The van der Waals surface area contributed by atoms with Crippen molar-refractivity contribution in [3.8, 4) is 5.75 Å². The van der Waals surface area contributed by atoms with Crippen LogP contribution in [0.2, 0.25) is 0 Å². The normalized spacial score (nSPS) is 15.5. The second-order valence-electron chi connectivity index (χ2n) is 4.69. The summed E-state index contributed by atoms with van der Waals surface area (Å²) < 4.78 is 5.68. The van der Waals surface area contributed by atoms with Gasteiger partial charge in [-0.25, -0.2) is 0 Å². The lowest BCUT2D eigenvalue weighted by Gasteiger charge is -2.30. The summed E-state index contributed by atoms with van der Waals surface area (Å²) in [5, 5.41) is 10.8. The first-order chi connectivity index (χ1) is 10.6. The van der Waals surface area contributed by atoms with E-state index in [1.165, 1.54) is 16.2 Å². The third-order valence-electron chi connectivity index (χ3n) is 3.20. The average molecular weight is 315 g/mol. The van der Waals surface area contributed by atoms with E-state index in [1.807, 2.05) is 23.6 Å². The molecule has 0 spiro atoms. The van der Waals surface area contributed by atoms with Crippen LogP contribution in [0.15, 0.2) is 47.5 Å². The number of hydrogen-bond acceptors (Lipinski definition) is 4. The van der Waals surface area contributed by atoms with Gasteiger partial charge in [0.15, 0.2) is 11.5 Å². The van der Waals surface area contributed by atoms with Crippen LogP contribution in [-0.2, 0) is 9.59 Å².